The Labute approximate surface area is 171 Å². The fraction of sp³-hybridized carbons (Fsp3) is 0.143. The molecule has 0 aliphatic heterocycles. The van der Waals surface area contributed by atoms with E-state index in [4.69, 9.17) is 16.3 Å². The highest BCUT2D eigenvalue weighted by atomic mass is 35.5. The molecule has 2 N–H and O–H groups in total. The summed E-state index contributed by atoms with van der Waals surface area (Å²) in [7, 11) is 0. The number of halogens is 1. The van der Waals surface area contributed by atoms with Gasteiger partial charge in [-0.15, -0.1) is 11.3 Å². The van der Waals surface area contributed by atoms with E-state index in [9.17, 15) is 5.11 Å². The van der Waals surface area contributed by atoms with Crippen molar-refractivity contribution in [3.8, 4) is 34.0 Å². The van der Waals surface area contributed by atoms with E-state index in [1.54, 1.807) is 17.5 Å². The lowest BCUT2D eigenvalue weighted by molar-refractivity contribution is 0.302. The first kappa shape index (κ1) is 18.5. The van der Waals surface area contributed by atoms with Crippen LogP contribution in [0.1, 0.15) is 16.1 Å². The second-order valence-electron chi connectivity index (χ2n) is 6.41. The van der Waals surface area contributed by atoms with Gasteiger partial charge in [-0.05, 0) is 43.7 Å². The smallest absolute Gasteiger partial charge is 0.131 e. The summed E-state index contributed by atoms with van der Waals surface area (Å²) in [6.07, 6.45) is 1.73. The molecule has 4 aromatic rings. The molecule has 0 fully saturated rings. The Morgan fingerprint density at radius 3 is 2.61 bits per heavy atom. The lowest BCUT2D eigenvalue weighted by atomic mass is 10.0. The van der Waals surface area contributed by atoms with Crippen molar-refractivity contribution in [3.05, 3.63) is 69.1 Å². The summed E-state index contributed by atoms with van der Waals surface area (Å²) in [6, 6.07) is 11.2. The number of hydrogen-bond acceptors (Lipinski definition) is 5. The lowest BCUT2D eigenvalue weighted by Crippen LogP contribution is -1.98. The molecule has 2 aromatic heterocycles. The van der Waals surface area contributed by atoms with Gasteiger partial charge in [0.25, 0.3) is 0 Å². The molecule has 4 rings (SSSR count). The number of aryl methyl sites for hydroxylation is 1. The molecule has 0 saturated heterocycles. The molecule has 28 heavy (non-hydrogen) atoms. The molecular formula is C21H18ClN3O2S. The van der Waals surface area contributed by atoms with Crippen molar-refractivity contribution in [3.63, 3.8) is 0 Å². The molecule has 0 spiro atoms. The summed E-state index contributed by atoms with van der Waals surface area (Å²) in [5.41, 5.74) is 4.76. The van der Waals surface area contributed by atoms with Gasteiger partial charge in [0.2, 0.25) is 0 Å². The molecule has 2 aromatic carbocycles. The van der Waals surface area contributed by atoms with Crippen molar-refractivity contribution in [2.75, 3.05) is 0 Å². The second kappa shape index (κ2) is 7.66. The highest BCUT2D eigenvalue weighted by Gasteiger charge is 2.18. The highest BCUT2D eigenvalue weighted by molar-refractivity contribution is 7.09. The van der Waals surface area contributed by atoms with Crippen LogP contribution in [-0.2, 0) is 6.61 Å². The van der Waals surface area contributed by atoms with Gasteiger partial charge in [-0.1, -0.05) is 23.7 Å². The number of H-pyrrole nitrogens is 1. The topological polar surface area (TPSA) is 71.0 Å². The van der Waals surface area contributed by atoms with Gasteiger partial charge < -0.3 is 9.84 Å². The van der Waals surface area contributed by atoms with Gasteiger partial charge in [-0.25, -0.2) is 4.98 Å². The number of benzene rings is 2. The van der Waals surface area contributed by atoms with Crippen LogP contribution in [0.25, 0.3) is 22.5 Å². The molecule has 0 amide bonds. The Hall–Kier alpha value is -2.83. The first-order valence-corrected chi connectivity index (χ1v) is 9.94. The Morgan fingerprint density at radius 1 is 1.11 bits per heavy atom. The molecule has 7 heteroatoms. The average molecular weight is 412 g/mol. The minimum absolute atomic E-state index is 0.158. The molecule has 2 heterocycles. The van der Waals surface area contributed by atoms with Crippen molar-refractivity contribution in [1.82, 2.24) is 15.2 Å². The third kappa shape index (κ3) is 3.61. The normalized spacial score (nSPS) is 11.0. The van der Waals surface area contributed by atoms with E-state index in [-0.39, 0.29) is 5.75 Å². The molecule has 0 radical (unpaired) electrons. The molecule has 142 valence electrons. The van der Waals surface area contributed by atoms with E-state index in [2.05, 4.69) is 15.2 Å². The summed E-state index contributed by atoms with van der Waals surface area (Å²) in [6.45, 7) is 4.19. The van der Waals surface area contributed by atoms with Crippen LogP contribution in [0.5, 0.6) is 11.5 Å². The number of ether oxygens (including phenoxy) is 1. The zero-order valence-electron chi connectivity index (χ0n) is 15.4. The Morgan fingerprint density at radius 2 is 1.89 bits per heavy atom. The van der Waals surface area contributed by atoms with Crippen molar-refractivity contribution in [2.45, 2.75) is 20.5 Å². The van der Waals surface area contributed by atoms with Gasteiger partial charge in [-0.2, -0.15) is 5.10 Å². The van der Waals surface area contributed by atoms with Gasteiger partial charge in [0.1, 0.15) is 18.1 Å². The lowest BCUT2D eigenvalue weighted by Gasteiger charge is -2.13. The van der Waals surface area contributed by atoms with E-state index in [1.165, 1.54) is 0 Å². The monoisotopic (exact) mass is 411 g/mol. The summed E-state index contributed by atoms with van der Waals surface area (Å²) >= 11 is 7.49. The van der Waals surface area contributed by atoms with E-state index >= 15 is 0 Å². The van der Waals surface area contributed by atoms with Crippen molar-refractivity contribution in [1.29, 1.82) is 0 Å². The van der Waals surface area contributed by atoms with Gasteiger partial charge >= 0.3 is 0 Å². The van der Waals surface area contributed by atoms with Gasteiger partial charge in [0.05, 0.1) is 22.6 Å². The Balaban J connectivity index is 1.62. The predicted molar refractivity (Wildman–Crippen MR) is 112 cm³/mol. The average Bonchev–Trinajstić information content (AvgIpc) is 3.33. The number of nitrogens with one attached hydrogen (secondary N) is 1. The first-order chi connectivity index (χ1) is 13.5. The minimum atomic E-state index is 0.158. The summed E-state index contributed by atoms with van der Waals surface area (Å²) in [4.78, 5) is 4.52. The zero-order chi connectivity index (χ0) is 19.7. The van der Waals surface area contributed by atoms with Crippen LogP contribution in [0, 0.1) is 13.8 Å². The molecule has 0 aliphatic carbocycles. The Kier molecular flexibility index (Phi) is 5.07. The van der Waals surface area contributed by atoms with Crippen molar-refractivity contribution < 1.29 is 9.84 Å². The Bertz CT molecular complexity index is 1120. The quantitative estimate of drug-likeness (QED) is 0.438. The number of rotatable bonds is 5. The van der Waals surface area contributed by atoms with Crippen LogP contribution in [0.2, 0.25) is 5.02 Å². The maximum absolute atomic E-state index is 10.8. The third-order valence-corrected chi connectivity index (χ3v) is 5.52. The molecule has 0 bridgehead atoms. The summed E-state index contributed by atoms with van der Waals surface area (Å²) in [5.74, 6) is 0.785. The molecular weight excluding hydrogens is 394 g/mol. The standard InChI is InChI=1S/C21H18ClN3O2S/c1-12-19(27-10-14-3-5-15(22)6-4-14)8-7-16(21(12)26)20-17(9-23-25-20)18-11-28-13(2)24-18/h3-9,11,26H,10H2,1-2H3,(H,23,25). The number of aromatic hydroxyl groups is 1. The van der Waals surface area contributed by atoms with E-state index in [0.29, 0.717) is 28.5 Å². The number of phenolic OH excluding ortho intramolecular Hbond substituents is 1. The predicted octanol–water partition coefficient (Wildman–Crippen LogP) is 5.76. The van der Waals surface area contributed by atoms with Crippen molar-refractivity contribution in [2.24, 2.45) is 0 Å². The number of nitrogens with zero attached hydrogens (tertiary/aromatic N) is 2. The van der Waals surface area contributed by atoms with Crippen LogP contribution in [0.4, 0.5) is 0 Å². The number of hydrogen-bond donors (Lipinski definition) is 2. The third-order valence-electron chi connectivity index (χ3n) is 4.49. The van der Waals surface area contributed by atoms with Crippen LogP contribution in [-0.4, -0.2) is 20.3 Å². The number of aromatic amines is 1. The number of aromatic nitrogens is 3. The second-order valence-corrected chi connectivity index (χ2v) is 7.91. The fourth-order valence-electron chi connectivity index (χ4n) is 2.95. The van der Waals surface area contributed by atoms with E-state index in [0.717, 1.165) is 27.5 Å². The van der Waals surface area contributed by atoms with Crippen LogP contribution in [0.15, 0.2) is 48.0 Å². The summed E-state index contributed by atoms with van der Waals surface area (Å²) < 4.78 is 5.89. The van der Waals surface area contributed by atoms with Gasteiger partial charge in [0.15, 0.2) is 0 Å². The molecule has 0 atom stereocenters. The molecule has 0 aliphatic rings. The zero-order valence-corrected chi connectivity index (χ0v) is 16.9. The van der Waals surface area contributed by atoms with E-state index < -0.39 is 0 Å². The SMILES string of the molecule is Cc1nc(-c2cn[nH]c2-c2ccc(OCc3ccc(Cl)cc3)c(C)c2O)cs1. The van der Waals surface area contributed by atoms with Crippen molar-refractivity contribution >= 4 is 22.9 Å². The number of phenols is 1. The maximum Gasteiger partial charge on any atom is 0.131 e. The van der Waals surface area contributed by atoms with Crippen LogP contribution >= 0.6 is 22.9 Å². The van der Waals surface area contributed by atoms with Gasteiger partial charge in [-0.3, -0.25) is 5.10 Å². The highest BCUT2D eigenvalue weighted by Crippen LogP contribution is 2.40. The maximum atomic E-state index is 10.8. The van der Waals surface area contributed by atoms with Crippen LogP contribution in [0.3, 0.4) is 0 Å². The van der Waals surface area contributed by atoms with Crippen LogP contribution < -0.4 is 4.74 Å². The largest absolute Gasteiger partial charge is 0.507 e. The molecule has 0 unspecified atom stereocenters. The summed E-state index contributed by atoms with van der Waals surface area (Å²) in [5, 5.41) is 21.6. The fourth-order valence-corrected chi connectivity index (χ4v) is 3.69. The van der Waals surface area contributed by atoms with Gasteiger partial charge in [0, 0.05) is 27.1 Å². The molecule has 5 nitrogen and oxygen atoms in total. The van der Waals surface area contributed by atoms with E-state index in [1.807, 2.05) is 55.6 Å². The first-order valence-electron chi connectivity index (χ1n) is 8.69. The molecule has 0 saturated carbocycles. The minimum Gasteiger partial charge on any atom is -0.507 e. The number of thiazole rings is 1.